The Bertz CT molecular complexity index is 1060. The van der Waals surface area contributed by atoms with Crippen molar-refractivity contribution < 1.29 is 14.0 Å². The van der Waals surface area contributed by atoms with Crippen molar-refractivity contribution in [3.63, 3.8) is 0 Å². The average molecular weight is 417 g/mol. The lowest BCUT2D eigenvalue weighted by Gasteiger charge is -2.25. The van der Waals surface area contributed by atoms with E-state index in [0.29, 0.717) is 5.69 Å². The summed E-state index contributed by atoms with van der Waals surface area (Å²) in [6, 6.07) is 23.3. The number of anilines is 3. The van der Waals surface area contributed by atoms with Gasteiger partial charge in [-0.2, -0.15) is 5.10 Å². The maximum absolute atomic E-state index is 13.3. The van der Waals surface area contributed by atoms with Gasteiger partial charge in [0.15, 0.2) is 0 Å². The van der Waals surface area contributed by atoms with Crippen molar-refractivity contribution in [2.45, 2.75) is 12.5 Å². The van der Waals surface area contributed by atoms with E-state index < -0.39 is 23.7 Å². The number of rotatable bonds is 6. The zero-order chi connectivity index (χ0) is 21.8. The van der Waals surface area contributed by atoms with E-state index in [0.717, 1.165) is 11.4 Å². The van der Waals surface area contributed by atoms with Crippen molar-refractivity contribution in [1.29, 1.82) is 0 Å². The van der Waals surface area contributed by atoms with Crippen LogP contribution in [0.25, 0.3) is 0 Å². The number of amides is 2. The molecule has 1 aliphatic heterocycles. The van der Waals surface area contributed by atoms with E-state index in [1.807, 2.05) is 60.7 Å². The van der Waals surface area contributed by atoms with Crippen molar-refractivity contribution in [2.24, 2.45) is 10.8 Å². The highest BCUT2D eigenvalue weighted by atomic mass is 19.1. The number of nitrogens with one attached hydrogen (secondary N) is 1. The third-order valence-corrected chi connectivity index (χ3v) is 4.83. The van der Waals surface area contributed by atoms with Gasteiger partial charge in [0, 0.05) is 6.42 Å². The molecule has 31 heavy (non-hydrogen) atoms. The number of nitrogens with zero attached hydrogens (tertiary/aromatic N) is 3. The van der Waals surface area contributed by atoms with E-state index in [-0.39, 0.29) is 12.1 Å². The summed E-state index contributed by atoms with van der Waals surface area (Å²) in [5.41, 5.74) is 10.5. The molecule has 4 rings (SSSR count). The summed E-state index contributed by atoms with van der Waals surface area (Å²) in [4.78, 5) is 25.1. The molecule has 0 bridgehead atoms. The lowest BCUT2D eigenvalue weighted by atomic mass is 10.1. The highest BCUT2D eigenvalue weighted by molar-refractivity contribution is 6.40. The summed E-state index contributed by atoms with van der Waals surface area (Å²) in [7, 11) is 0. The molecular formula is C23H20FN5O2. The van der Waals surface area contributed by atoms with E-state index in [1.54, 1.807) is 5.01 Å². The van der Waals surface area contributed by atoms with Gasteiger partial charge in [0.1, 0.15) is 17.6 Å². The number of hydrogen-bond acceptors (Lipinski definition) is 5. The minimum Gasteiger partial charge on any atom is -0.368 e. The van der Waals surface area contributed by atoms with Crippen molar-refractivity contribution in [2.75, 3.05) is 10.0 Å². The van der Waals surface area contributed by atoms with E-state index in [1.165, 1.54) is 29.3 Å². The molecular weight excluding hydrogens is 397 g/mol. The van der Waals surface area contributed by atoms with Gasteiger partial charge in [-0.05, 0) is 48.5 Å². The Balaban J connectivity index is 1.62. The van der Waals surface area contributed by atoms with Crippen LogP contribution in [-0.4, -0.2) is 23.6 Å². The Morgan fingerprint density at radius 1 is 0.935 bits per heavy atom. The molecule has 8 heteroatoms. The number of nitrogens with two attached hydrogens (primary N) is 1. The van der Waals surface area contributed by atoms with Crippen LogP contribution in [0.5, 0.6) is 0 Å². The van der Waals surface area contributed by atoms with Gasteiger partial charge in [0.2, 0.25) is 5.91 Å². The molecule has 0 saturated carbocycles. The molecule has 1 unspecified atom stereocenters. The minimum absolute atomic E-state index is 0.0377. The van der Waals surface area contributed by atoms with Crippen molar-refractivity contribution >= 4 is 34.6 Å². The first-order valence-corrected chi connectivity index (χ1v) is 9.66. The Labute approximate surface area is 178 Å². The van der Waals surface area contributed by atoms with Gasteiger partial charge in [0.05, 0.1) is 17.1 Å². The van der Waals surface area contributed by atoms with Crippen molar-refractivity contribution in [3.05, 3.63) is 90.7 Å². The summed E-state index contributed by atoms with van der Waals surface area (Å²) in [5, 5.41) is 7.32. The normalized spacial score (nSPS) is 15.3. The number of hydrazone groups is 1. The van der Waals surface area contributed by atoms with Gasteiger partial charge in [-0.25, -0.2) is 4.39 Å². The second kappa shape index (κ2) is 8.66. The zero-order valence-corrected chi connectivity index (χ0v) is 16.5. The second-order valence-electron chi connectivity index (χ2n) is 6.94. The van der Waals surface area contributed by atoms with Crippen LogP contribution in [0.2, 0.25) is 0 Å². The van der Waals surface area contributed by atoms with Gasteiger partial charge in [0.25, 0.3) is 5.91 Å². The lowest BCUT2D eigenvalue weighted by Crippen LogP contribution is -2.43. The fourth-order valence-corrected chi connectivity index (χ4v) is 3.30. The molecule has 156 valence electrons. The molecule has 0 spiro atoms. The SMILES string of the molecule is NC(=O)C1CC(C(=O)NN(c2ccccc2)c2ccccc2)=NN1c1ccc(F)cc1. The van der Waals surface area contributed by atoms with E-state index in [2.05, 4.69) is 10.5 Å². The number of halogens is 1. The summed E-state index contributed by atoms with van der Waals surface area (Å²) in [5.74, 6) is -1.51. The lowest BCUT2D eigenvalue weighted by molar-refractivity contribution is -0.119. The maximum Gasteiger partial charge on any atom is 0.286 e. The molecule has 0 saturated heterocycles. The van der Waals surface area contributed by atoms with Crippen LogP contribution in [-0.2, 0) is 9.59 Å². The summed E-state index contributed by atoms with van der Waals surface area (Å²) >= 11 is 0. The first kappa shape index (κ1) is 20.1. The van der Waals surface area contributed by atoms with Gasteiger partial charge in [-0.3, -0.25) is 25.0 Å². The number of carbonyl (C=O) groups excluding carboxylic acids is 2. The van der Waals surface area contributed by atoms with Gasteiger partial charge in [-0.1, -0.05) is 36.4 Å². The summed E-state index contributed by atoms with van der Waals surface area (Å²) in [6.07, 6.45) is 0.0377. The molecule has 0 fully saturated rings. The topological polar surface area (TPSA) is 91.0 Å². The van der Waals surface area contributed by atoms with Gasteiger partial charge in [-0.15, -0.1) is 0 Å². The van der Waals surface area contributed by atoms with Crippen molar-refractivity contribution in [1.82, 2.24) is 5.43 Å². The van der Waals surface area contributed by atoms with Crippen LogP contribution in [0.4, 0.5) is 21.5 Å². The molecule has 0 aromatic heterocycles. The molecule has 3 N–H and O–H groups in total. The van der Waals surface area contributed by atoms with Crippen LogP contribution in [0.15, 0.2) is 90.0 Å². The van der Waals surface area contributed by atoms with Crippen LogP contribution in [0.1, 0.15) is 6.42 Å². The van der Waals surface area contributed by atoms with Gasteiger partial charge >= 0.3 is 0 Å². The fraction of sp³-hybridized carbons (Fsp3) is 0.0870. The van der Waals surface area contributed by atoms with Crippen LogP contribution in [0.3, 0.4) is 0 Å². The Kier molecular flexibility index (Phi) is 5.61. The van der Waals surface area contributed by atoms with Crippen LogP contribution < -0.4 is 21.2 Å². The molecule has 1 heterocycles. The monoisotopic (exact) mass is 417 g/mol. The zero-order valence-electron chi connectivity index (χ0n) is 16.5. The third-order valence-electron chi connectivity index (χ3n) is 4.83. The Hall–Kier alpha value is -4.20. The fourth-order valence-electron chi connectivity index (χ4n) is 3.30. The summed E-state index contributed by atoms with van der Waals surface area (Å²) < 4.78 is 13.3. The molecule has 7 nitrogen and oxygen atoms in total. The number of hydrazine groups is 1. The predicted molar refractivity (Wildman–Crippen MR) is 117 cm³/mol. The van der Waals surface area contributed by atoms with Crippen molar-refractivity contribution in [3.8, 4) is 0 Å². The van der Waals surface area contributed by atoms with Crippen LogP contribution >= 0.6 is 0 Å². The number of carbonyl (C=O) groups is 2. The largest absolute Gasteiger partial charge is 0.368 e. The number of primary amides is 1. The number of hydrogen-bond donors (Lipinski definition) is 2. The number of para-hydroxylation sites is 2. The average Bonchev–Trinajstić information content (AvgIpc) is 3.25. The number of benzene rings is 3. The highest BCUT2D eigenvalue weighted by Gasteiger charge is 2.35. The highest BCUT2D eigenvalue weighted by Crippen LogP contribution is 2.26. The van der Waals surface area contributed by atoms with Gasteiger partial charge < -0.3 is 5.73 Å². The predicted octanol–water partition coefficient (Wildman–Crippen LogP) is 3.12. The molecule has 0 radical (unpaired) electrons. The standard InChI is InChI=1S/C23H20FN5O2/c24-16-11-13-19(14-12-16)29-21(22(25)30)15-20(26-29)23(31)27-28(17-7-3-1-4-8-17)18-9-5-2-6-10-18/h1-14,21H,15H2,(H2,25,30)(H,27,31). The maximum atomic E-state index is 13.3. The van der Waals surface area contributed by atoms with E-state index in [4.69, 9.17) is 5.73 Å². The smallest absolute Gasteiger partial charge is 0.286 e. The first-order chi connectivity index (χ1) is 15.0. The quantitative estimate of drug-likeness (QED) is 0.603. The minimum atomic E-state index is -0.840. The summed E-state index contributed by atoms with van der Waals surface area (Å²) in [6.45, 7) is 0. The first-order valence-electron chi connectivity index (χ1n) is 9.66. The molecule has 1 atom stereocenters. The molecule has 2 amide bonds. The van der Waals surface area contributed by atoms with E-state index in [9.17, 15) is 14.0 Å². The Morgan fingerprint density at radius 3 is 2.00 bits per heavy atom. The third kappa shape index (κ3) is 4.37. The molecule has 3 aromatic rings. The molecule has 1 aliphatic rings. The molecule has 3 aromatic carbocycles. The Morgan fingerprint density at radius 2 is 1.48 bits per heavy atom. The van der Waals surface area contributed by atoms with E-state index >= 15 is 0 Å². The second-order valence-corrected chi connectivity index (χ2v) is 6.94. The molecule has 0 aliphatic carbocycles. The van der Waals surface area contributed by atoms with Crippen LogP contribution in [0, 0.1) is 5.82 Å².